The van der Waals surface area contributed by atoms with Crippen LogP contribution in [0.25, 0.3) is 0 Å². The van der Waals surface area contributed by atoms with Gasteiger partial charge in [0.1, 0.15) is 10.8 Å². The number of thiophene rings is 1. The average Bonchev–Trinajstić information content (AvgIpc) is 3.11. The number of methoxy groups -OCH3 is 1. The summed E-state index contributed by atoms with van der Waals surface area (Å²) in [4.78, 5) is 18.7. The second-order valence-electron chi connectivity index (χ2n) is 7.41. The van der Waals surface area contributed by atoms with Crippen LogP contribution in [0.4, 0.5) is 10.7 Å². The highest BCUT2D eigenvalue weighted by atomic mass is 32.1. The smallest absolute Gasteiger partial charge is 0.256 e. The molecule has 2 aromatic heterocycles. The maximum atomic E-state index is 12.9. The Morgan fingerprint density at radius 2 is 1.78 bits per heavy atom. The summed E-state index contributed by atoms with van der Waals surface area (Å²) in [6, 6.07) is 22.7. The lowest BCUT2D eigenvalue weighted by molar-refractivity contribution is 0.102. The van der Waals surface area contributed by atoms with E-state index in [-0.39, 0.29) is 11.9 Å². The van der Waals surface area contributed by atoms with Crippen LogP contribution in [0.5, 0.6) is 5.75 Å². The van der Waals surface area contributed by atoms with Crippen molar-refractivity contribution in [3.63, 3.8) is 0 Å². The molecule has 0 aliphatic heterocycles. The van der Waals surface area contributed by atoms with Gasteiger partial charge < -0.3 is 15.4 Å². The van der Waals surface area contributed by atoms with Crippen LogP contribution in [0.3, 0.4) is 0 Å². The molecule has 32 heavy (non-hydrogen) atoms. The molecule has 0 bridgehead atoms. The number of aromatic nitrogens is 1. The van der Waals surface area contributed by atoms with Gasteiger partial charge in [0.15, 0.2) is 0 Å². The Morgan fingerprint density at radius 1 is 1.00 bits per heavy atom. The van der Waals surface area contributed by atoms with E-state index < -0.39 is 0 Å². The molecule has 4 rings (SSSR count). The molecule has 0 aliphatic carbocycles. The minimum atomic E-state index is -0.251. The van der Waals surface area contributed by atoms with Crippen LogP contribution in [0.2, 0.25) is 0 Å². The predicted octanol–water partition coefficient (Wildman–Crippen LogP) is 6.22. The molecule has 5 nitrogen and oxygen atoms in total. The van der Waals surface area contributed by atoms with Gasteiger partial charge in [-0.1, -0.05) is 30.3 Å². The Hall–Kier alpha value is -3.64. The fraction of sp³-hybridized carbons (Fsp3) is 0.154. The monoisotopic (exact) mass is 443 g/mol. The Bertz CT molecular complexity index is 1210. The van der Waals surface area contributed by atoms with Gasteiger partial charge in [-0.2, -0.15) is 0 Å². The third-order valence-corrected chi connectivity index (χ3v) is 6.49. The number of nitrogens with one attached hydrogen (secondary N) is 2. The number of ether oxygens (including phenoxy) is 1. The molecule has 1 amide bonds. The molecular weight excluding hydrogens is 418 g/mol. The number of rotatable bonds is 7. The molecule has 1 atom stereocenters. The zero-order valence-electron chi connectivity index (χ0n) is 18.3. The largest absolute Gasteiger partial charge is 0.497 e. The van der Waals surface area contributed by atoms with Crippen molar-refractivity contribution in [3.05, 3.63) is 106 Å². The third-order valence-electron chi connectivity index (χ3n) is 5.35. The molecule has 6 heteroatoms. The van der Waals surface area contributed by atoms with Crippen LogP contribution in [-0.2, 0) is 0 Å². The minimum absolute atomic E-state index is 0.130. The molecule has 162 valence electrons. The van der Waals surface area contributed by atoms with Crippen molar-refractivity contribution in [2.24, 2.45) is 0 Å². The van der Waals surface area contributed by atoms with Crippen LogP contribution in [0.15, 0.2) is 79.0 Å². The number of amides is 1. The number of nitrogens with zero attached hydrogens (tertiary/aromatic N) is 1. The van der Waals surface area contributed by atoms with Gasteiger partial charge in [-0.25, -0.2) is 0 Å². The molecule has 0 radical (unpaired) electrons. The molecule has 1 unspecified atom stereocenters. The first kappa shape index (κ1) is 21.6. The van der Waals surface area contributed by atoms with Gasteiger partial charge in [-0.3, -0.25) is 9.78 Å². The number of aryl methyl sites for hydroxylation is 1. The normalized spacial score (nSPS) is 11.6. The van der Waals surface area contributed by atoms with Gasteiger partial charge in [0.2, 0.25) is 0 Å². The van der Waals surface area contributed by atoms with Gasteiger partial charge in [0.25, 0.3) is 5.91 Å². The van der Waals surface area contributed by atoms with Crippen molar-refractivity contribution in [3.8, 4) is 5.75 Å². The maximum absolute atomic E-state index is 12.9. The summed E-state index contributed by atoms with van der Waals surface area (Å²) >= 11 is 1.58. The van der Waals surface area contributed by atoms with Gasteiger partial charge >= 0.3 is 0 Å². The highest BCUT2D eigenvalue weighted by Gasteiger charge is 2.25. The van der Waals surface area contributed by atoms with Gasteiger partial charge in [0.05, 0.1) is 18.8 Å². The summed E-state index contributed by atoms with van der Waals surface area (Å²) in [6.45, 7) is 4.16. The molecule has 2 heterocycles. The van der Waals surface area contributed by atoms with Crippen molar-refractivity contribution < 1.29 is 9.53 Å². The molecule has 2 aromatic carbocycles. The molecule has 0 aliphatic rings. The molecule has 4 aromatic rings. The average molecular weight is 444 g/mol. The SMILES string of the molecule is COc1cccc(NC(c2ccccn2)c2c(NC(=O)c3ccccc3)sc(C)c2C)c1. The fourth-order valence-corrected chi connectivity index (χ4v) is 4.66. The summed E-state index contributed by atoms with van der Waals surface area (Å²) in [5, 5.41) is 7.56. The number of hydrogen-bond donors (Lipinski definition) is 2. The third kappa shape index (κ3) is 4.65. The first-order valence-corrected chi connectivity index (χ1v) is 11.2. The lowest BCUT2D eigenvalue weighted by atomic mass is 9.99. The molecular formula is C26H25N3O2S. The highest BCUT2D eigenvalue weighted by Crippen LogP contribution is 2.40. The lowest BCUT2D eigenvalue weighted by Gasteiger charge is -2.22. The summed E-state index contributed by atoms with van der Waals surface area (Å²) in [7, 11) is 1.65. The quantitative estimate of drug-likeness (QED) is 0.356. The van der Waals surface area contributed by atoms with E-state index in [9.17, 15) is 4.79 Å². The number of carbonyl (C=O) groups excluding carboxylic acids is 1. The zero-order chi connectivity index (χ0) is 22.5. The summed E-state index contributed by atoms with van der Waals surface area (Å²) in [5.74, 6) is 0.639. The van der Waals surface area contributed by atoms with E-state index in [1.54, 1.807) is 24.6 Å². The van der Waals surface area contributed by atoms with Crippen LogP contribution < -0.4 is 15.4 Å². The molecule has 2 N–H and O–H groups in total. The minimum Gasteiger partial charge on any atom is -0.497 e. The number of benzene rings is 2. The molecule has 0 fully saturated rings. The van der Waals surface area contributed by atoms with E-state index in [0.29, 0.717) is 5.56 Å². The van der Waals surface area contributed by atoms with E-state index in [1.807, 2.05) is 72.8 Å². The topological polar surface area (TPSA) is 63.2 Å². The fourth-order valence-electron chi connectivity index (χ4n) is 3.57. The first-order chi connectivity index (χ1) is 15.6. The molecule has 0 saturated carbocycles. The summed E-state index contributed by atoms with van der Waals surface area (Å²) in [6.07, 6.45) is 1.78. The zero-order valence-corrected chi connectivity index (χ0v) is 19.1. The number of pyridine rings is 1. The summed E-state index contributed by atoms with van der Waals surface area (Å²) in [5.41, 5.74) is 4.54. The van der Waals surface area contributed by atoms with Gasteiger partial charge in [-0.15, -0.1) is 11.3 Å². The second-order valence-corrected chi connectivity index (χ2v) is 8.63. The van der Waals surface area contributed by atoms with Crippen molar-refractivity contribution >= 4 is 27.9 Å². The Labute approximate surface area is 192 Å². The molecule has 0 spiro atoms. The van der Waals surface area contributed by atoms with E-state index in [4.69, 9.17) is 4.74 Å². The van der Waals surface area contributed by atoms with E-state index in [2.05, 4.69) is 29.5 Å². The Kier molecular flexibility index (Phi) is 6.52. The second kappa shape index (κ2) is 9.66. The van der Waals surface area contributed by atoms with Crippen LogP contribution >= 0.6 is 11.3 Å². The van der Waals surface area contributed by atoms with Gasteiger partial charge in [-0.05, 0) is 55.8 Å². The van der Waals surface area contributed by atoms with Crippen molar-refractivity contribution in [1.29, 1.82) is 0 Å². The number of carbonyl (C=O) groups is 1. The standard InChI is InChI=1S/C26H25N3O2S/c1-17-18(2)32-26(29-25(30)19-10-5-4-6-11-19)23(17)24(22-14-7-8-15-27-22)28-20-12-9-13-21(16-20)31-3/h4-16,24,28H,1-3H3,(H,29,30). The first-order valence-electron chi connectivity index (χ1n) is 10.3. The van der Waals surface area contributed by atoms with E-state index >= 15 is 0 Å². The summed E-state index contributed by atoms with van der Waals surface area (Å²) < 4.78 is 5.39. The van der Waals surface area contributed by atoms with Gasteiger partial charge in [0, 0.05) is 34.0 Å². The van der Waals surface area contributed by atoms with E-state index in [1.165, 1.54) is 0 Å². The lowest BCUT2D eigenvalue weighted by Crippen LogP contribution is -2.18. The van der Waals surface area contributed by atoms with Crippen LogP contribution in [-0.4, -0.2) is 18.0 Å². The highest BCUT2D eigenvalue weighted by molar-refractivity contribution is 7.16. The van der Waals surface area contributed by atoms with Crippen molar-refractivity contribution in [2.75, 3.05) is 17.7 Å². The Morgan fingerprint density at radius 3 is 2.50 bits per heavy atom. The maximum Gasteiger partial charge on any atom is 0.256 e. The van der Waals surface area contributed by atoms with Crippen LogP contribution in [0, 0.1) is 13.8 Å². The molecule has 0 saturated heterocycles. The van der Waals surface area contributed by atoms with Crippen molar-refractivity contribution in [2.45, 2.75) is 19.9 Å². The number of anilines is 2. The number of hydrogen-bond acceptors (Lipinski definition) is 5. The Balaban J connectivity index is 1.76. The van der Waals surface area contributed by atoms with E-state index in [0.717, 1.165) is 38.1 Å². The van der Waals surface area contributed by atoms with Crippen LogP contribution in [0.1, 0.15) is 38.1 Å². The van der Waals surface area contributed by atoms with Crippen molar-refractivity contribution in [1.82, 2.24) is 4.98 Å². The predicted molar refractivity (Wildman–Crippen MR) is 131 cm³/mol.